The maximum absolute atomic E-state index is 12.5. The van der Waals surface area contributed by atoms with Crippen LogP contribution in [-0.2, 0) is 4.79 Å². The molecular weight excluding hydrogens is 374 g/mol. The summed E-state index contributed by atoms with van der Waals surface area (Å²) < 4.78 is 39.4. The van der Waals surface area contributed by atoms with Crippen molar-refractivity contribution >= 4 is 17.5 Å². The monoisotopic (exact) mass is 394 g/mol. The number of piperidine rings is 1. The fraction of sp³-hybridized carbons (Fsp3) is 0.368. The van der Waals surface area contributed by atoms with Crippen molar-refractivity contribution in [1.82, 2.24) is 4.90 Å². The number of furan rings is 1. The van der Waals surface area contributed by atoms with E-state index in [1.807, 2.05) is 0 Å². The minimum Gasteiger partial charge on any atom is -0.493 e. The van der Waals surface area contributed by atoms with Crippen LogP contribution in [0.4, 0.5) is 14.5 Å². The number of likely N-dealkylation sites (tertiary alicyclic amines) is 1. The van der Waals surface area contributed by atoms with Gasteiger partial charge in [-0.05, 0) is 31.0 Å². The van der Waals surface area contributed by atoms with Gasteiger partial charge in [-0.3, -0.25) is 9.59 Å². The number of carbonyl (C=O) groups excluding carboxylic acids is 2. The highest BCUT2D eigenvalue weighted by molar-refractivity contribution is 5.95. The van der Waals surface area contributed by atoms with Gasteiger partial charge in [0.15, 0.2) is 11.5 Å². The van der Waals surface area contributed by atoms with Gasteiger partial charge in [-0.25, -0.2) is 0 Å². The van der Waals surface area contributed by atoms with Gasteiger partial charge in [0.25, 0.3) is 5.91 Å². The second-order valence-corrected chi connectivity index (χ2v) is 6.31. The molecule has 28 heavy (non-hydrogen) atoms. The predicted octanol–water partition coefficient (Wildman–Crippen LogP) is 3.38. The molecule has 1 aliphatic rings. The van der Waals surface area contributed by atoms with Crippen molar-refractivity contribution in [2.24, 2.45) is 5.92 Å². The van der Waals surface area contributed by atoms with E-state index in [9.17, 15) is 18.4 Å². The first-order valence-corrected chi connectivity index (χ1v) is 8.73. The van der Waals surface area contributed by atoms with Gasteiger partial charge < -0.3 is 24.1 Å². The number of ether oxygens (including phenoxy) is 2. The second-order valence-electron chi connectivity index (χ2n) is 6.31. The number of benzene rings is 1. The largest absolute Gasteiger partial charge is 0.493 e. The van der Waals surface area contributed by atoms with Gasteiger partial charge in [-0.2, -0.15) is 8.78 Å². The van der Waals surface area contributed by atoms with E-state index in [1.54, 1.807) is 17.0 Å². The maximum atomic E-state index is 12.5. The lowest BCUT2D eigenvalue weighted by atomic mass is 9.95. The quantitative estimate of drug-likeness (QED) is 0.812. The number of hydrogen-bond acceptors (Lipinski definition) is 5. The van der Waals surface area contributed by atoms with Crippen LogP contribution in [0.15, 0.2) is 41.2 Å². The molecule has 0 saturated carbocycles. The van der Waals surface area contributed by atoms with E-state index in [2.05, 4.69) is 10.1 Å². The van der Waals surface area contributed by atoms with Gasteiger partial charge in [0.1, 0.15) is 6.26 Å². The molecule has 0 atom stereocenters. The van der Waals surface area contributed by atoms with Crippen LogP contribution < -0.4 is 14.8 Å². The summed E-state index contributed by atoms with van der Waals surface area (Å²) in [5, 5.41) is 2.71. The molecular formula is C19H20F2N2O5. The highest BCUT2D eigenvalue weighted by Crippen LogP contribution is 2.32. The molecule has 0 aliphatic carbocycles. The molecule has 150 valence electrons. The summed E-state index contributed by atoms with van der Waals surface area (Å²) >= 11 is 0. The molecule has 2 amide bonds. The fourth-order valence-corrected chi connectivity index (χ4v) is 3.10. The van der Waals surface area contributed by atoms with E-state index in [-0.39, 0.29) is 29.2 Å². The van der Waals surface area contributed by atoms with Crippen LogP contribution in [0.3, 0.4) is 0 Å². The molecule has 1 fully saturated rings. The molecule has 1 saturated heterocycles. The molecule has 2 heterocycles. The average Bonchev–Trinajstić information content (AvgIpc) is 3.22. The highest BCUT2D eigenvalue weighted by atomic mass is 19.3. The number of methoxy groups -OCH3 is 1. The average molecular weight is 394 g/mol. The second kappa shape index (κ2) is 8.73. The van der Waals surface area contributed by atoms with Crippen molar-refractivity contribution in [2.45, 2.75) is 19.5 Å². The lowest BCUT2D eigenvalue weighted by Gasteiger charge is -2.31. The Hall–Kier alpha value is -3.10. The molecule has 1 aromatic heterocycles. The summed E-state index contributed by atoms with van der Waals surface area (Å²) in [6, 6.07) is 5.89. The van der Waals surface area contributed by atoms with Crippen molar-refractivity contribution in [2.75, 3.05) is 25.5 Å². The van der Waals surface area contributed by atoms with Crippen LogP contribution in [-0.4, -0.2) is 43.5 Å². The number of amides is 2. The van der Waals surface area contributed by atoms with Crippen LogP contribution in [0.5, 0.6) is 11.5 Å². The van der Waals surface area contributed by atoms with Crippen LogP contribution in [0.1, 0.15) is 23.2 Å². The minimum absolute atomic E-state index is 0.128. The highest BCUT2D eigenvalue weighted by Gasteiger charge is 2.28. The minimum atomic E-state index is -3.00. The molecule has 0 bridgehead atoms. The number of carbonyl (C=O) groups is 2. The number of nitrogens with zero attached hydrogens (tertiary/aromatic N) is 1. The molecule has 0 spiro atoms. The van der Waals surface area contributed by atoms with Crippen LogP contribution in [0.25, 0.3) is 0 Å². The Kier molecular flexibility index (Phi) is 6.13. The van der Waals surface area contributed by atoms with E-state index in [0.717, 1.165) is 0 Å². The van der Waals surface area contributed by atoms with Gasteiger partial charge in [0.05, 0.1) is 18.9 Å². The number of halogens is 2. The number of anilines is 1. The van der Waals surface area contributed by atoms with Gasteiger partial charge in [0.2, 0.25) is 5.91 Å². The predicted molar refractivity (Wildman–Crippen MR) is 95.6 cm³/mol. The molecule has 9 heteroatoms. The van der Waals surface area contributed by atoms with Crippen LogP contribution in [0, 0.1) is 5.92 Å². The number of alkyl halides is 2. The molecule has 0 unspecified atom stereocenters. The SMILES string of the molecule is COc1ccc(NC(=O)C2CCN(C(=O)c3ccoc3)CC2)cc1OC(F)F. The standard InChI is InChI=1S/C19H20F2N2O5/c1-26-15-3-2-14(10-16(15)28-19(20)21)22-17(24)12-4-7-23(8-5-12)18(25)13-6-9-27-11-13/h2-3,6,9-12,19H,4-5,7-8H2,1H3,(H,22,24). The summed E-state index contributed by atoms with van der Waals surface area (Å²) in [5.41, 5.74) is 0.811. The summed E-state index contributed by atoms with van der Waals surface area (Å²) in [6.45, 7) is -2.11. The van der Waals surface area contributed by atoms with Gasteiger partial charge in [0, 0.05) is 30.8 Å². The third-order valence-corrected chi connectivity index (χ3v) is 4.57. The Labute approximate surface area is 160 Å². The van der Waals surface area contributed by atoms with Gasteiger partial charge in [-0.15, -0.1) is 0 Å². The first-order valence-electron chi connectivity index (χ1n) is 8.73. The summed E-state index contributed by atoms with van der Waals surface area (Å²) in [7, 11) is 1.34. The zero-order valence-corrected chi connectivity index (χ0v) is 15.2. The molecule has 1 aromatic carbocycles. The normalized spacial score (nSPS) is 14.8. The third-order valence-electron chi connectivity index (χ3n) is 4.57. The van der Waals surface area contributed by atoms with Crippen LogP contribution in [0.2, 0.25) is 0 Å². The number of nitrogens with one attached hydrogen (secondary N) is 1. The van der Waals surface area contributed by atoms with Gasteiger partial charge >= 0.3 is 6.61 Å². The van der Waals surface area contributed by atoms with Crippen molar-refractivity contribution in [3.63, 3.8) is 0 Å². The Balaban J connectivity index is 1.58. The Morgan fingerprint density at radius 1 is 1.21 bits per heavy atom. The third kappa shape index (κ3) is 4.59. The zero-order chi connectivity index (χ0) is 20.1. The first-order chi connectivity index (χ1) is 13.5. The molecule has 0 radical (unpaired) electrons. The number of rotatable bonds is 6. The smallest absolute Gasteiger partial charge is 0.387 e. The van der Waals surface area contributed by atoms with Crippen molar-refractivity contribution in [1.29, 1.82) is 0 Å². The van der Waals surface area contributed by atoms with E-state index in [1.165, 1.54) is 31.8 Å². The summed E-state index contributed by atoms with van der Waals surface area (Å²) in [4.78, 5) is 26.5. The maximum Gasteiger partial charge on any atom is 0.387 e. The fourth-order valence-electron chi connectivity index (χ4n) is 3.10. The molecule has 7 nitrogen and oxygen atoms in total. The summed E-state index contributed by atoms with van der Waals surface area (Å²) in [6.07, 6.45) is 3.84. The summed E-state index contributed by atoms with van der Waals surface area (Å²) in [5.74, 6) is -0.657. The van der Waals surface area contributed by atoms with E-state index >= 15 is 0 Å². The number of hydrogen-bond donors (Lipinski definition) is 1. The van der Waals surface area contributed by atoms with E-state index in [0.29, 0.717) is 37.2 Å². The van der Waals surface area contributed by atoms with E-state index < -0.39 is 6.61 Å². The molecule has 2 aromatic rings. The van der Waals surface area contributed by atoms with Crippen molar-refractivity contribution in [3.05, 3.63) is 42.4 Å². The molecule has 1 aliphatic heterocycles. The zero-order valence-electron chi connectivity index (χ0n) is 15.2. The lowest BCUT2D eigenvalue weighted by Crippen LogP contribution is -2.41. The Morgan fingerprint density at radius 2 is 1.96 bits per heavy atom. The Bertz CT molecular complexity index is 818. The Morgan fingerprint density at radius 3 is 2.57 bits per heavy atom. The van der Waals surface area contributed by atoms with Crippen LogP contribution >= 0.6 is 0 Å². The topological polar surface area (TPSA) is 81.0 Å². The molecule has 3 rings (SSSR count). The first kappa shape index (κ1) is 19.7. The lowest BCUT2D eigenvalue weighted by molar-refractivity contribution is -0.121. The van der Waals surface area contributed by atoms with Crippen molar-refractivity contribution in [3.8, 4) is 11.5 Å². The van der Waals surface area contributed by atoms with E-state index in [4.69, 9.17) is 9.15 Å². The van der Waals surface area contributed by atoms with Crippen molar-refractivity contribution < 1.29 is 32.3 Å². The molecule has 1 N–H and O–H groups in total. The van der Waals surface area contributed by atoms with Gasteiger partial charge in [-0.1, -0.05) is 0 Å².